The Bertz CT molecular complexity index is 767. The van der Waals surface area contributed by atoms with Crippen LogP contribution >= 0.6 is 0 Å². The van der Waals surface area contributed by atoms with Crippen molar-refractivity contribution in [3.63, 3.8) is 0 Å². The van der Waals surface area contributed by atoms with E-state index < -0.39 is 0 Å². The van der Waals surface area contributed by atoms with Gasteiger partial charge in [-0.1, -0.05) is 18.2 Å². The predicted molar refractivity (Wildman–Crippen MR) is 91.2 cm³/mol. The smallest absolute Gasteiger partial charge is 0.231 e. The number of hydrogen-bond donors (Lipinski definition) is 0. The number of amides is 1. The largest absolute Gasteiger partial charge is 0.454 e. The van der Waals surface area contributed by atoms with E-state index >= 15 is 0 Å². The second-order valence-corrected chi connectivity index (χ2v) is 6.57. The van der Waals surface area contributed by atoms with Crippen LogP contribution in [-0.2, 0) is 11.2 Å². The first kappa shape index (κ1) is 15.9. The van der Waals surface area contributed by atoms with Crippen LogP contribution in [0, 0.1) is 5.82 Å². The van der Waals surface area contributed by atoms with E-state index in [0.29, 0.717) is 12.3 Å². The summed E-state index contributed by atoms with van der Waals surface area (Å²) in [5.41, 5.74) is 2.10. The van der Waals surface area contributed by atoms with Gasteiger partial charge in [0.2, 0.25) is 12.7 Å². The molecule has 0 N–H and O–H groups in total. The van der Waals surface area contributed by atoms with Crippen LogP contribution in [0.5, 0.6) is 11.5 Å². The fourth-order valence-corrected chi connectivity index (χ4v) is 3.52. The first-order valence-corrected chi connectivity index (χ1v) is 8.61. The normalized spacial score (nSPS) is 16.9. The van der Waals surface area contributed by atoms with Gasteiger partial charge in [-0.2, -0.15) is 0 Å². The topological polar surface area (TPSA) is 38.8 Å². The molecule has 0 spiro atoms. The zero-order chi connectivity index (χ0) is 17.2. The molecule has 0 atom stereocenters. The van der Waals surface area contributed by atoms with Crippen molar-refractivity contribution in [1.29, 1.82) is 0 Å². The summed E-state index contributed by atoms with van der Waals surface area (Å²) in [4.78, 5) is 14.4. The molecule has 2 aliphatic rings. The summed E-state index contributed by atoms with van der Waals surface area (Å²) in [7, 11) is 0. The minimum atomic E-state index is -0.277. The van der Waals surface area contributed by atoms with Crippen LogP contribution in [0.15, 0.2) is 42.5 Å². The molecule has 5 heteroatoms. The zero-order valence-corrected chi connectivity index (χ0v) is 13.9. The number of halogens is 1. The average Bonchev–Trinajstić information content (AvgIpc) is 3.11. The lowest BCUT2D eigenvalue weighted by Crippen LogP contribution is -2.38. The van der Waals surface area contributed by atoms with Gasteiger partial charge in [0.25, 0.3) is 0 Å². The number of hydrogen-bond acceptors (Lipinski definition) is 3. The molecule has 1 amide bonds. The number of piperidine rings is 1. The van der Waals surface area contributed by atoms with Gasteiger partial charge in [0.15, 0.2) is 11.5 Å². The highest BCUT2D eigenvalue weighted by molar-refractivity contribution is 5.78. The molecule has 0 aromatic heterocycles. The molecule has 0 unspecified atom stereocenters. The van der Waals surface area contributed by atoms with E-state index in [1.807, 2.05) is 11.0 Å². The van der Waals surface area contributed by atoms with E-state index in [1.165, 1.54) is 17.7 Å². The Morgan fingerprint density at radius 2 is 1.76 bits per heavy atom. The molecular formula is C20H20FNO3. The summed E-state index contributed by atoms with van der Waals surface area (Å²) in [5.74, 6) is 1.88. The van der Waals surface area contributed by atoms with Crippen molar-refractivity contribution in [2.75, 3.05) is 19.9 Å². The Labute approximate surface area is 146 Å². The number of benzene rings is 2. The number of carbonyl (C=O) groups is 1. The number of rotatable bonds is 3. The van der Waals surface area contributed by atoms with E-state index in [9.17, 15) is 9.18 Å². The molecule has 4 rings (SSSR count). The van der Waals surface area contributed by atoms with Gasteiger partial charge in [-0.25, -0.2) is 4.39 Å². The van der Waals surface area contributed by atoms with E-state index in [4.69, 9.17) is 9.47 Å². The monoisotopic (exact) mass is 341 g/mol. The van der Waals surface area contributed by atoms with Crippen molar-refractivity contribution in [1.82, 2.24) is 4.90 Å². The number of fused-ring (bicyclic) bond motifs is 1. The minimum Gasteiger partial charge on any atom is -0.454 e. The second-order valence-electron chi connectivity index (χ2n) is 6.57. The first-order valence-electron chi connectivity index (χ1n) is 8.61. The summed E-state index contributed by atoms with van der Waals surface area (Å²) in [6, 6.07) is 12.3. The maximum atomic E-state index is 13.0. The molecule has 0 bridgehead atoms. The fourth-order valence-electron chi connectivity index (χ4n) is 3.52. The number of likely N-dealkylation sites (tertiary alicyclic amines) is 1. The van der Waals surface area contributed by atoms with Crippen molar-refractivity contribution in [3.8, 4) is 11.5 Å². The molecular weight excluding hydrogens is 321 g/mol. The molecule has 0 aliphatic carbocycles. The summed E-state index contributed by atoms with van der Waals surface area (Å²) in [6.45, 7) is 1.79. The highest BCUT2D eigenvalue weighted by Crippen LogP contribution is 2.37. The van der Waals surface area contributed by atoms with Crippen LogP contribution in [0.3, 0.4) is 0 Å². The van der Waals surface area contributed by atoms with Crippen molar-refractivity contribution < 1.29 is 18.7 Å². The molecule has 1 fully saturated rings. The molecule has 1 saturated heterocycles. The van der Waals surface area contributed by atoms with E-state index in [1.54, 1.807) is 12.1 Å². The Morgan fingerprint density at radius 3 is 2.52 bits per heavy atom. The first-order chi connectivity index (χ1) is 12.2. The molecule has 25 heavy (non-hydrogen) atoms. The van der Waals surface area contributed by atoms with Crippen LogP contribution in [0.2, 0.25) is 0 Å². The Balaban J connectivity index is 1.34. The van der Waals surface area contributed by atoms with Gasteiger partial charge in [0.1, 0.15) is 5.82 Å². The van der Waals surface area contributed by atoms with E-state index in [-0.39, 0.29) is 18.5 Å². The van der Waals surface area contributed by atoms with Gasteiger partial charge in [0, 0.05) is 13.1 Å². The van der Waals surface area contributed by atoms with Crippen molar-refractivity contribution in [3.05, 3.63) is 59.4 Å². The highest BCUT2D eigenvalue weighted by Gasteiger charge is 2.25. The molecule has 0 radical (unpaired) electrons. The summed E-state index contributed by atoms with van der Waals surface area (Å²) in [6.07, 6.45) is 2.21. The van der Waals surface area contributed by atoms with Gasteiger partial charge in [-0.05, 0) is 54.2 Å². The fraction of sp³-hybridized carbons (Fsp3) is 0.350. The minimum absolute atomic E-state index is 0.107. The van der Waals surface area contributed by atoms with Crippen LogP contribution in [0.1, 0.15) is 29.9 Å². The molecule has 2 aliphatic heterocycles. The van der Waals surface area contributed by atoms with E-state index in [2.05, 4.69) is 12.1 Å². The summed E-state index contributed by atoms with van der Waals surface area (Å²) in [5, 5.41) is 0. The van der Waals surface area contributed by atoms with Gasteiger partial charge >= 0.3 is 0 Å². The highest BCUT2D eigenvalue weighted by atomic mass is 19.1. The number of carbonyl (C=O) groups excluding carboxylic acids is 1. The molecule has 130 valence electrons. The summed E-state index contributed by atoms with van der Waals surface area (Å²) >= 11 is 0. The SMILES string of the molecule is O=C(Cc1ccc(F)cc1)N1CCC(c2ccc3c(c2)OCO3)CC1. The lowest BCUT2D eigenvalue weighted by molar-refractivity contribution is -0.131. The lowest BCUT2D eigenvalue weighted by Gasteiger charge is -2.32. The van der Waals surface area contributed by atoms with Crippen molar-refractivity contribution >= 4 is 5.91 Å². The maximum Gasteiger partial charge on any atom is 0.231 e. The van der Waals surface area contributed by atoms with Crippen LogP contribution in [-0.4, -0.2) is 30.7 Å². The number of nitrogens with zero attached hydrogens (tertiary/aromatic N) is 1. The van der Waals surface area contributed by atoms with Gasteiger partial charge in [-0.3, -0.25) is 4.79 Å². The molecule has 2 aromatic carbocycles. The van der Waals surface area contributed by atoms with Crippen LogP contribution in [0.25, 0.3) is 0 Å². The third kappa shape index (κ3) is 3.45. The van der Waals surface area contributed by atoms with E-state index in [0.717, 1.165) is 43.0 Å². The maximum absolute atomic E-state index is 13.0. The molecule has 2 aromatic rings. The molecule has 4 nitrogen and oxygen atoms in total. The van der Waals surface area contributed by atoms with Crippen LogP contribution < -0.4 is 9.47 Å². The quantitative estimate of drug-likeness (QED) is 0.858. The Morgan fingerprint density at radius 1 is 1.04 bits per heavy atom. The summed E-state index contributed by atoms with van der Waals surface area (Å²) < 4.78 is 23.8. The Kier molecular flexibility index (Phi) is 4.30. The van der Waals surface area contributed by atoms with Crippen LogP contribution in [0.4, 0.5) is 4.39 Å². The number of ether oxygens (including phenoxy) is 2. The second kappa shape index (κ2) is 6.75. The zero-order valence-electron chi connectivity index (χ0n) is 13.9. The molecule has 0 saturated carbocycles. The van der Waals surface area contributed by atoms with Crippen molar-refractivity contribution in [2.45, 2.75) is 25.2 Å². The predicted octanol–water partition coefficient (Wildman–Crippen LogP) is 3.50. The third-order valence-corrected chi connectivity index (χ3v) is 4.98. The molecule has 2 heterocycles. The van der Waals surface area contributed by atoms with Gasteiger partial charge in [-0.15, -0.1) is 0 Å². The standard InChI is InChI=1S/C20H20FNO3/c21-17-4-1-14(2-5-17)11-20(23)22-9-7-15(8-10-22)16-3-6-18-19(12-16)25-13-24-18/h1-6,12,15H,7-11,13H2. The third-order valence-electron chi connectivity index (χ3n) is 4.98. The average molecular weight is 341 g/mol. The lowest BCUT2D eigenvalue weighted by atomic mass is 9.89. The van der Waals surface area contributed by atoms with Gasteiger partial charge < -0.3 is 14.4 Å². The van der Waals surface area contributed by atoms with Gasteiger partial charge in [0.05, 0.1) is 6.42 Å². The Hall–Kier alpha value is -2.56. The van der Waals surface area contributed by atoms with Crippen molar-refractivity contribution in [2.24, 2.45) is 0 Å².